The van der Waals surface area contributed by atoms with Gasteiger partial charge in [0.25, 0.3) is 5.91 Å². The largest absolute Gasteiger partial charge is 0.480 e. The lowest BCUT2D eigenvalue weighted by atomic mass is 10.1. The van der Waals surface area contributed by atoms with Crippen molar-refractivity contribution >= 4 is 11.9 Å². The molecule has 0 radical (unpaired) electrons. The minimum absolute atomic E-state index is 0.0772. The highest BCUT2D eigenvalue weighted by Crippen LogP contribution is 2.32. The minimum atomic E-state index is -0.970. The van der Waals surface area contributed by atoms with Gasteiger partial charge in [0.15, 0.2) is 0 Å². The topological polar surface area (TPSA) is 84.2 Å². The molecule has 0 bridgehead atoms. The van der Waals surface area contributed by atoms with Gasteiger partial charge in [-0.1, -0.05) is 0 Å². The Labute approximate surface area is 98.6 Å². The summed E-state index contributed by atoms with van der Waals surface area (Å²) in [5, 5.41) is 15.6. The van der Waals surface area contributed by atoms with Crippen molar-refractivity contribution < 1.29 is 14.7 Å². The highest BCUT2D eigenvalue weighted by Gasteiger charge is 2.37. The molecule has 92 valence electrons. The average Bonchev–Trinajstić information content (AvgIpc) is 3.00. The number of carboxylic acid groups (broad SMARTS) is 1. The Bertz CT molecular complexity index is 463. The summed E-state index contributed by atoms with van der Waals surface area (Å²) in [4.78, 5) is 22.9. The number of rotatable bonds is 4. The van der Waals surface area contributed by atoms with Crippen molar-refractivity contribution in [2.24, 2.45) is 13.0 Å². The smallest absolute Gasteiger partial charge is 0.326 e. The van der Waals surface area contributed by atoms with Gasteiger partial charge >= 0.3 is 5.97 Å². The van der Waals surface area contributed by atoms with E-state index in [2.05, 4.69) is 10.4 Å². The third-order valence-electron chi connectivity index (χ3n) is 2.90. The molecule has 1 amide bonds. The molecule has 2 N–H and O–H groups in total. The van der Waals surface area contributed by atoms with Gasteiger partial charge in [-0.2, -0.15) is 5.10 Å². The highest BCUT2D eigenvalue weighted by molar-refractivity contribution is 5.97. The van der Waals surface area contributed by atoms with Crippen LogP contribution in [0, 0.1) is 12.8 Å². The number of carboxylic acids is 1. The van der Waals surface area contributed by atoms with E-state index in [0.29, 0.717) is 11.3 Å². The van der Waals surface area contributed by atoms with E-state index < -0.39 is 12.0 Å². The molecule has 0 aromatic carbocycles. The van der Waals surface area contributed by atoms with Crippen molar-refractivity contribution in [2.45, 2.75) is 25.8 Å². The average molecular weight is 237 g/mol. The Morgan fingerprint density at radius 2 is 2.24 bits per heavy atom. The number of aromatic nitrogens is 2. The SMILES string of the molecule is Cc1nn(C)cc1C(=O)NC(C(=O)O)C1CC1. The highest BCUT2D eigenvalue weighted by atomic mass is 16.4. The molecule has 1 heterocycles. The van der Waals surface area contributed by atoms with Crippen molar-refractivity contribution in [3.63, 3.8) is 0 Å². The number of hydrogen-bond acceptors (Lipinski definition) is 3. The van der Waals surface area contributed by atoms with Crippen LogP contribution in [-0.4, -0.2) is 32.8 Å². The number of nitrogens with zero attached hydrogens (tertiary/aromatic N) is 2. The first-order chi connectivity index (χ1) is 7.99. The summed E-state index contributed by atoms with van der Waals surface area (Å²) in [6, 6.07) is -0.776. The zero-order chi connectivity index (χ0) is 12.6. The maximum Gasteiger partial charge on any atom is 0.326 e. The summed E-state index contributed by atoms with van der Waals surface area (Å²) in [5.41, 5.74) is 1.03. The zero-order valence-corrected chi connectivity index (χ0v) is 9.80. The molecule has 1 unspecified atom stereocenters. The van der Waals surface area contributed by atoms with Crippen LogP contribution in [0.15, 0.2) is 6.20 Å². The normalized spacial score (nSPS) is 16.6. The molecule has 1 atom stereocenters. The maximum atomic E-state index is 11.9. The fourth-order valence-corrected chi connectivity index (χ4v) is 1.85. The number of aryl methyl sites for hydroxylation is 2. The van der Waals surface area contributed by atoms with E-state index in [1.54, 1.807) is 20.2 Å². The van der Waals surface area contributed by atoms with E-state index in [4.69, 9.17) is 5.11 Å². The summed E-state index contributed by atoms with van der Waals surface area (Å²) in [5.74, 6) is -1.26. The molecule has 1 aromatic heterocycles. The summed E-state index contributed by atoms with van der Waals surface area (Å²) in [7, 11) is 1.72. The molecule has 0 aliphatic heterocycles. The van der Waals surface area contributed by atoms with Gasteiger partial charge in [-0.15, -0.1) is 0 Å². The van der Waals surface area contributed by atoms with Crippen LogP contribution in [0.25, 0.3) is 0 Å². The van der Waals surface area contributed by atoms with Crippen molar-refractivity contribution in [3.8, 4) is 0 Å². The second-order valence-corrected chi connectivity index (χ2v) is 4.43. The van der Waals surface area contributed by atoms with Crippen LogP contribution in [0.2, 0.25) is 0 Å². The number of hydrogen-bond donors (Lipinski definition) is 2. The van der Waals surface area contributed by atoms with Crippen LogP contribution >= 0.6 is 0 Å². The van der Waals surface area contributed by atoms with Gasteiger partial charge in [0.2, 0.25) is 0 Å². The lowest BCUT2D eigenvalue weighted by Gasteiger charge is -2.12. The molecule has 1 aromatic rings. The van der Waals surface area contributed by atoms with Crippen LogP contribution in [-0.2, 0) is 11.8 Å². The van der Waals surface area contributed by atoms with Gasteiger partial charge in [0.05, 0.1) is 11.3 Å². The lowest BCUT2D eigenvalue weighted by molar-refractivity contribution is -0.139. The predicted octanol–water partition coefficient (Wildman–Crippen LogP) is 0.322. The van der Waals surface area contributed by atoms with Crippen molar-refractivity contribution in [1.82, 2.24) is 15.1 Å². The number of nitrogens with one attached hydrogen (secondary N) is 1. The van der Waals surface area contributed by atoms with Crippen molar-refractivity contribution in [2.75, 3.05) is 0 Å². The van der Waals surface area contributed by atoms with Crippen LogP contribution in [0.3, 0.4) is 0 Å². The fraction of sp³-hybridized carbons (Fsp3) is 0.545. The molecule has 1 aliphatic carbocycles. The van der Waals surface area contributed by atoms with Gasteiger partial charge in [-0.05, 0) is 25.7 Å². The van der Waals surface area contributed by atoms with E-state index >= 15 is 0 Å². The van der Waals surface area contributed by atoms with Gasteiger partial charge in [0.1, 0.15) is 6.04 Å². The molecule has 6 nitrogen and oxygen atoms in total. The van der Waals surface area contributed by atoms with Crippen LogP contribution in [0.5, 0.6) is 0 Å². The molecular formula is C11H15N3O3. The Balaban J connectivity index is 2.10. The van der Waals surface area contributed by atoms with E-state index in [1.165, 1.54) is 4.68 Å². The van der Waals surface area contributed by atoms with Gasteiger partial charge in [-0.25, -0.2) is 4.79 Å². The van der Waals surface area contributed by atoms with E-state index in [0.717, 1.165) is 12.8 Å². The molecule has 6 heteroatoms. The molecule has 0 spiro atoms. The van der Waals surface area contributed by atoms with Crippen molar-refractivity contribution in [1.29, 1.82) is 0 Å². The standard InChI is InChI=1S/C11H15N3O3/c1-6-8(5-14(2)13-6)10(15)12-9(11(16)17)7-3-4-7/h5,7,9H,3-4H2,1-2H3,(H,12,15)(H,16,17). The zero-order valence-electron chi connectivity index (χ0n) is 9.80. The van der Waals surface area contributed by atoms with Crippen molar-refractivity contribution in [3.05, 3.63) is 17.5 Å². The second-order valence-electron chi connectivity index (χ2n) is 4.43. The number of carbonyl (C=O) groups excluding carboxylic acids is 1. The second kappa shape index (κ2) is 4.20. The van der Waals surface area contributed by atoms with Crippen LogP contribution in [0.1, 0.15) is 28.9 Å². The quantitative estimate of drug-likeness (QED) is 0.790. The maximum absolute atomic E-state index is 11.9. The number of aliphatic carboxylic acids is 1. The Kier molecular flexibility index (Phi) is 2.87. The summed E-state index contributed by atoms with van der Waals surface area (Å²) in [6.45, 7) is 1.72. The Morgan fingerprint density at radius 3 is 2.65 bits per heavy atom. The van der Waals surface area contributed by atoms with Gasteiger partial charge in [0, 0.05) is 13.2 Å². The molecular weight excluding hydrogens is 222 g/mol. The molecule has 0 saturated heterocycles. The molecule has 1 aliphatic rings. The van der Waals surface area contributed by atoms with E-state index in [9.17, 15) is 9.59 Å². The van der Waals surface area contributed by atoms with Crippen LogP contribution < -0.4 is 5.32 Å². The Morgan fingerprint density at radius 1 is 1.59 bits per heavy atom. The monoisotopic (exact) mass is 237 g/mol. The number of carbonyl (C=O) groups is 2. The predicted molar refractivity (Wildman–Crippen MR) is 59.6 cm³/mol. The van der Waals surface area contributed by atoms with E-state index in [1.807, 2.05) is 0 Å². The summed E-state index contributed by atoms with van der Waals surface area (Å²) in [6.07, 6.45) is 3.32. The van der Waals surface area contributed by atoms with Gasteiger partial charge in [-0.3, -0.25) is 9.48 Å². The van der Waals surface area contributed by atoms with Crippen LogP contribution in [0.4, 0.5) is 0 Å². The Hall–Kier alpha value is -1.85. The first kappa shape index (κ1) is 11.6. The molecule has 1 saturated carbocycles. The lowest BCUT2D eigenvalue weighted by Crippen LogP contribution is -2.42. The van der Waals surface area contributed by atoms with Gasteiger partial charge < -0.3 is 10.4 Å². The molecule has 1 fully saturated rings. The summed E-state index contributed by atoms with van der Waals surface area (Å²) >= 11 is 0. The summed E-state index contributed by atoms with van der Waals surface area (Å²) < 4.78 is 1.54. The third-order valence-corrected chi connectivity index (χ3v) is 2.90. The first-order valence-electron chi connectivity index (χ1n) is 5.53. The van der Waals surface area contributed by atoms with E-state index in [-0.39, 0.29) is 11.8 Å². The molecule has 2 rings (SSSR count). The third kappa shape index (κ3) is 2.46. The first-order valence-corrected chi connectivity index (χ1v) is 5.53. The number of amides is 1. The fourth-order valence-electron chi connectivity index (χ4n) is 1.85. The minimum Gasteiger partial charge on any atom is -0.480 e. The molecule has 17 heavy (non-hydrogen) atoms.